The first-order valence-electron chi connectivity index (χ1n) is 6.41. The van der Waals surface area contributed by atoms with Gasteiger partial charge in [0, 0.05) is 6.54 Å². The van der Waals surface area contributed by atoms with Gasteiger partial charge >= 0.3 is 0 Å². The van der Waals surface area contributed by atoms with Crippen LogP contribution in [0.25, 0.3) is 0 Å². The molecule has 0 saturated carbocycles. The summed E-state index contributed by atoms with van der Waals surface area (Å²) in [6.07, 6.45) is 0.852. The van der Waals surface area contributed by atoms with Gasteiger partial charge in [-0.2, -0.15) is 0 Å². The maximum Gasteiger partial charge on any atom is 0.253 e. The third-order valence-corrected chi connectivity index (χ3v) is 3.79. The van der Waals surface area contributed by atoms with Crippen molar-refractivity contribution in [1.82, 2.24) is 10.3 Å². The highest BCUT2D eigenvalue weighted by molar-refractivity contribution is 6.29. The van der Waals surface area contributed by atoms with Crippen LogP contribution >= 0.6 is 11.6 Å². The van der Waals surface area contributed by atoms with Crippen LogP contribution in [0.3, 0.4) is 0 Å². The highest BCUT2D eigenvalue weighted by Gasteiger charge is 2.27. The number of nitrogens with zero attached hydrogens (tertiary/aromatic N) is 1. The van der Waals surface area contributed by atoms with Crippen LogP contribution in [0, 0.1) is 12.8 Å². The van der Waals surface area contributed by atoms with E-state index in [-0.39, 0.29) is 18.4 Å². The first-order chi connectivity index (χ1) is 8.77. The molecule has 1 aromatic rings. The van der Waals surface area contributed by atoms with E-state index in [0.29, 0.717) is 16.4 Å². The van der Waals surface area contributed by atoms with Gasteiger partial charge in [0.1, 0.15) is 5.15 Å². The van der Waals surface area contributed by atoms with Gasteiger partial charge in [-0.3, -0.25) is 4.79 Å². The van der Waals surface area contributed by atoms with Gasteiger partial charge in [0.05, 0.1) is 16.9 Å². The summed E-state index contributed by atoms with van der Waals surface area (Å²) in [7, 11) is 0. The first-order valence-corrected chi connectivity index (χ1v) is 6.79. The topological polar surface area (TPSA) is 62.2 Å². The number of aromatic nitrogens is 1. The van der Waals surface area contributed by atoms with E-state index >= 15 is 0 Å². The third kappa shape index (κ3) is 4.18. The average Bonchev–Trinajstić information content (AvgIpc) is 2.35. The minimum atomic E-state index is -0.918. The van der Waals surface area contributed by atoms with Crippen LogP contribution in [0.1, 0.15) is 43.2 Å². The Morgan fingerprint density at radius 1 is 1.58 bits per heavy atom. The lowest BCUT2D eigenvalue weighted by molar-refractivity contribution is 0.00591. The Balaban J connectivity index is 2.70. The second-order valence-electron chi connectivity index (χ2n) is 5.12. The molecule has 0 bridgehead atoms. The fraction of sp³-hybridized carbons (Fsp3) is 0.571. The van der Waals surface area contributed by atoms with E-state index in [0.717, 1.165) is 6.42 Å². The largest absolute Gasteiger partial charge is 0.388 e. The zero-order valence-corrected chi connectivity index (χ0v) is 12.6. The third-order valence-electron chi connectivity index (χ3n) is 3.58. The maximum atomic E-state index is 12.0. The van der Waals surface area contributed by atoms with Gasteiger partial charge in [0.15, 0.2) is 0 Å². The molecule has 5 heteroatoms. The van der Waals surface area contributed by atoms with Gasteiger partial charge in [-0.15, -0.1) is 0 Å². The van der Waals surface area contributed by atoms with Crippen LogP contribution in [0.2, 0.25) is 5.15 Å². The Labute approximate surface area is 119 Å². The molecule has 19 heavy (non-hydrogen) atoms. The second kappa shape index (κ2) is 6.35. The number of hydrogen-bond acceptors (Lipinski definition) is 3. The molecule has 1 amide bonds. The average molecular weight is 285 g/mol. The molecule has 1 heterocycles. The van der Waals surface area contributed by atoms with Crippen molar-refractivity contribution < 1.29 is 9.90 Å². The second-order valence-corrected chi connectivity index (χ2v) is 5.50. The summed E-state index contributed by atoms with van der Waals surface area (Å²) in [5, 5.41) is 13.3. The van der Waals surface area contributed by atoms with Crippen molar-refractivity contribution in [2.75, 3.05) is 6.54 Å². The van der Waals surface area contributed by atoms with E-state index in [1.165, 1.54) is 0 Å². The van der Waals surface area contributed by atoms with Crippen molar-refractivity contribution in [1.29, 1.82) is 0 Å². The number of pyridine rings is 1. The van der Waals surface area contributed by atoms with Crippen molar-refractivity contribution in [2.45, 2.75) is 39.7 Å². The molecule has 0 aliphatic heterocycles. The fourth-order valence-electron chi connectivity index (χ4n) is 1.74. The van der Waals surface area contributed by atoms with Crippen LogP contribution in [0.5, 0.6) is 0 Å². The summed E-state index contributed by atoms with van der Waals surface area (Å²) in [6.45, 7) is 7.64. The molecule has 2 atom stereocenters. The minimum Gasteiger partial charge on any atom is -0.388 e. The van der Waals surface area contributed by atoms with Crippen LogP contribution in [0.15, 0.2) is 12.1 Å². The Hall–Kier alpha value is -1.13. The number of nitrogens with one attached hydrogen (secondary N) is 1. The van der Waals surface area contributed by atoms with Crippen molar-refractivity contribution in [3.8, 4) is 0 Å². The van der Waals surface area contributed by atoms with Gasteiger partial charge < -0.3 is 10.4 Å². The molecule has 0 fully saturated rings. The lowest BCUT2D eigenvalue weighted by Crippen LogP contribution is -2.45. The molecule has 0 aliphatic carbocycles. The molecule has 0 radical (unpaired) electrons. The molecule has 2 N–H and O–H groups in total. The van der Waals surface area contributed by atoms with Gasteiger partial charge in [0.2, 0.25) is 0 Å². The number of hydrogen-bond donors (Lipinski definition) is 2. The smallest absolute Gasteiger partial charge is 0.253 e. The Bertz CT molecular complexity index is 461. The van der Waals surface area contributed by atoms with Crippen molar-refractivity contribution in [2.24, 2.45) is 5.92 Å². The number of amides is 1. The number of carbonyl (C=O) groups is 1. The molecule has 4 nitrogen and oxygen atoms in total. The van der Waals surface area contributed by atoms with E-state index in [4.69, 9.17) is 11.6 Å². The summed E-state index contributed by atoms with van der Waals surface area (Å²) in [5.74, 6) is -0.137. The van der Waals surface area contributed by atoms with Crippen molar-refractivity contribution in [3.63, 3.8) is 0 Å². The zero-order chi connectivity index (χ0) is 14.6. The van der Waals surface area contributed by atoms with Gasteiger partial charge in [-0.05, 0) is 31.9 Å². The van der Waals surface area contributed by atoms with Crippen LogP contribution in [-0.2, 0) is 0 Å². The molecule has 106 valence electrons. The van der Waals surface area contributed by atoms with Gasteiger partial charge in [0.25, 0.3) is 5.91 Å². The standard InChI is InChI=1S/C14H21ClN2O2/c1-5-9(2)14(4,19)8-16-13(18)11-6-7-12(15)17-10(11)3/h6-7,9,19H,5,8H2,1-4H3,(H,16,18). The SMILES string of the molecule is CCC(C)C(C)(O)CNC(=O)c1ccc(Cl)nc1C. The summed E-state index contributed by atoms with van der Waals surface area (Å²) in [4.78, 5) is 16.1. The number of carbonyl (C=O) groups excluding carboxylic acids is 1. The number of aliphatic hydroxyl groups is 1. The molecule has 0 saturated heterocycles. The molecule has 0 aliphatic rings. The predicted molar refractivity (Wildman–Crippen MR) is 76.4 cm³/mol. The predicted octanol–water partition coefficient (Wildman–Crippen LogP) is 2.57. The summed E-state index contributed by atoms with van der Waals surface area (Å²) in [6, 6.07) is 3.22. The van der Waals surface area contributed by atoms with Crippen molar-refractivity contribution in [3.05, 3.63) is 28.5 Å². The molecular formula is C14H21ClN2O2. The number of halogens is 1. The first kappa shape index (κ1) is 15.9. The zero-order valence-electron chi connectivity index (χ0n) is 11.8. The number of rotatable bonds is 5. The quantitative estimate of drug-likeness (QED) is 0.817. The van der Waals surface area contributed by atoms with E-state index < -0.39 is 5.60 Å². The highest BCUT2D eigenvalue weighted by atomic mass is 35.5. The van der Waals surface area contributed by atoms with Crippen LogP contribution in [-0.4, -0.2) is 28.1 Å². The molecule has 0 spiro atoms. The molecule has 1 aromatic heterocycles. The Kier molecular flexibility index (Phi) is 5.32. The lowest BCUT2D eigenvalue weighted by atomic mass is 9.88. The monoisotopic (exact) mass is 284 g/mol. The number of aryl methyl sites for hydroxylation is 1. The normalized spacial score (nSPS) is 15.7. The Morgan fingerprint density at radius 2 is 2.21 bits per heavy atom. The molecular weight excluding hydrogens is 264 g/mol. The molecule has 2 unspecified atom stereocenters. The van der Waals surface area contributed by atoms with E-state index in [1.807, 2.05) is 13.8 Å². The lowest BCUT2D eigenvalue weighted by Gasteiger charge is -2.29. The van der Waals surface area contributed by atoms with Crippen LogP contribution < -0.4 is 5.32 Å². The summed E-state index contributed by atoms with van der Waals surface area (Å²) < 4.78 is 0. The van der Waals surface area contributed by atoms with Crippen molar-refractivity contribution >= 4 is 17.5 Å². The van der Waals surface area contributed by atoms with E-state index in [2.05, 4.69) is 10.3 Å². The highest BCUT2D eigenvalue weighted by Crippen LogP contribution is 2.19. The molecule has 1 rings (SSSR count). The summed E-state index contributed by atoms with van der Waals surface area (Å²) in [5.41, 5.74) is 0.135. The van der Waals surface area contributed by atoms with Gasteiger partial charge in [-0.1, -0.05) is 31.9 Å². The van der Waals surface area contributed by atoms with E-state index in [9.17, 15) is 9.90 Å². The fourth-order valence-corrected chi connectivity index (χ4v) is 1.93. The minimum absolute atomic E-state index is 0.109. The van der Waals surface area contributed by atoms with Crippen LogP contribution in [0.4, 0.5) is 0 Å². The molecule has 0 aromatic carbocycles. The Morgan fingerprint density at radius 3 is 2.74 bits per heavy atom. The summed E-state index contributed by atoms with van der Waals surface area (Å²) >= 11 is 5.75. The van der Waals surface area contributed by atoms with E-state index in [1.54, 1.807) is 26.0 Å². The maximum absolute atomic E-state index is 12.0. The van der Waals surface area contributed by atoms with Gasteiger partial charge in [-0.25, -0.2) is 4.98 Å².